The second kappa shape index (κ2) is 15.0. The van der Waals surface area contributed by atoms with E-state index >= 15 is 0 Å². The zero-order valence-corrected chi connectivity index (χ0v) is 23.4. The SMILES string of the molecule is COCCN(CC#CCN1CCO[C@@H](OCCc2cc(C(F)(F)F)cc(C(F)(F)F)c2)[C@@H]1c1ccccc1)C(C)C. The quantitative estimate of drug-likeness (QED) is 0.237. The summed E-state index contributed by atoms with van der Waals surface area (Å²) in [5.74, 6) is 6.45. The third-order valence-electron chi connectivity index (χ3n) is 6.78. The minimum atomic E-state index is -4.90. The molecule has 226 valence electrons. The smallest absolute Gasteiger partial charge is 0.383 e. The van der Waals surface area contributed by atoms with Crippen LogP contribution in [0.4, 0.5) is 26.3 Å². The van der Waals surface area contributed by atoms with Crippen LogP contribution in [-0.2, 0) is 33.0 Å². The summed E-state index contributed by atoms with van der Waals surface area (Å²) in [6.07, 6.45) is -10.7. The van der Waals surface area contributed by atoms with Crippen molar-refractivity contribution < 1.29 is 40.6 Å². The molecule has 1 aliphatic heterocycles. The molecule has 0 saturated carbocycles. The Morgan fingerprint density at radius 1 is 0.976 bits per heavy atom. The van der Waals surface area contributed by atoms with E-state index in [4.69, 9.17) is 14.2 Å². The Morgan fingerprint density at radius 2 is 1.63 bits per heavy atom. The molecule has 0 aromatic heterocycles. The Kier molecular flexibility index (Phi) is 12.1. The first-order valence-electron chi connectivity index (χ1n) is 13.4. The molecule has 1 fully saturated rings. The third-order valence-corrected chi connectivity index (χ3v) is 6.78. The molecule has 41 heavy (non-hydrogen) atoms. The van der Waals surface area contributed by atoms with Crippen LogP contribution in [0.3, 0.4) is 0 Å². The minimum absolute atomic E-state index is 0.120. The predicted octanol–water partition coefficient (Wildman–Crippen LogP) is 6.04. The van der Waals surface area contributed by atoms with Crippen molar-refractivity contribution in [1.82, 2.24) is 9.80 Å². The van der Waals surface area contributed by atoms with E-state index in [-0.39, 0.29) is 30.7 Å². The van der Waals surface area contributed by atoms with E-state index in [1.807, 2.05) is 30.3 Å². The molecule has 0 radical (unpaired) electrons. The van der Waals surface area contributed by atoms with Gasteiger partial charge in [-0.05, 0) is 49.6 Å². The van der Waals surface area contributed by atoms with E-state index < -0.39 is 29.8 Å². The average molecular weight is 587 g/mol. The molecule has 0 N–H and O–H groups in total. The van der Waals surface area contributed by atoms with Crippen molar-refractivity contribution in [2.75, 3.05) is 53.1 Å². The van der Waals surface area contributed by atoms with Gasteiger partial charge in [0, 0.05) is 26.2 Å². The number of ether oxygens (including phenoxy) is 3. The number of methoxy groups -OCH3 is 1. The Bertz CT molecular complexity index is 1110. The van der Waals surface area contributed by atoms with E-state index in [9.17, 15) is 26.3 Å². The molecule has 0 amide bonds. The third kappa shape index (κ3) is 10.0. The summed E-state index contributed by atoms with van der Waals surface area (Å²) in [6.45, 7) is 7.36. The molecular formula is C30H36F6N2O3. The second-order valence-corrected chi connectivity index (χ2v) is 10.0. The van der Waals surface area contributed by atoms with E-state index in [1.54, 1.807) is 7.11 Å². The number of benzene rings is 2. The lowest BCUT2D eigenvalue weighted by atomic mass is 10.0. The van der Waals surface area contributed by atoms with Crippen molar-refractivity contribution in [1.29, 1.82) is 0 Å². The minimum Gasteiger partial charge on any atom is -0.383 e. The predicted molar refractivity (Wildman–Crippen MR) is 143 cm³/mol. The van der Waals surface area contributed by atoms with Crippen molar-refractivity contribution in [2.45, 2.75) is 51.0 Å². The maximum atomic E-state index is 13.3. The number of hydrogen-bond acceptors (Lipinski definition) is 5. The largest absolute Gasteiger partial charge is 0.416 e. The van der Waals surface area contributed by atoms with Gasteiger partial charge in [0.05, 0.1) is 50.1 Å². The molecular weight excluding hydrogens is 550 g/mol. The first-order valence-corrected chi connectivity index (χ1v) is 13.4. The fraction of sp³-hybridized carbons (Fsp3) is 0.533. The van der Waals surface area contributed by atoms with Crippen LogP contribution in [0.5, 0.6) is 0 Å². The fourth-order valence-corrected chi connectivity index (χ4v) is 4.52. The van der Waals surface area contributed by atoms with Crippen LogP contribution in [0.25, 0.3) is 0 Å². The highest BCUT2D eigenvalue weighted by molar-refractivity contribution is 5.33. The molecule has 1 heterocycles. The van der Waals surface area contributed by atoms with Crippen LogP contribution in [0.1, 0.15) is 42.1 Å². The van der Waals surface area contributed by atoms with Gasteiger partial charge in [0.15, 0.2) is 6.29 Å². The van der Waals surface area contributed by atoms with Crippen molar-refractivity contribution in [2.24, 2.45) is 0 Å². The number of hydrogen-bond donors (Lipinski definition) is 0. The molecule has 3 rings (SSSR count). The number of alkyl halides is 6. The average Bonchev–Trinajstić information content (AvgIpc) is 2.92. The summed E-state index contributed by atoms with van der Waals surface area (Å²) < 4.78 is 96.5. The van der Waals surface area contributed by atoms with Gasteiger partial charge in [-0.15, -0.1) is 0 Å². The van der Waals surface area contributed by atoms with Crippen LogP contribution in [0, 0.1) is 11.8 Å². The van der Waals surface area contributed by atoms with Crippen LogP contribution >= 0.6 is 0 Å². The summed E-state index contributed by atoms with van der Waals surface area (Å²) in [7, 11) is 1.66. The van der Waals surface area contributed by atoms with Gasteiger partial charge in [-0.2, -0.15) is 26.3 Å². The van der Waals surface area contributed by atoms with Crippen LogP contribution < -0.4 is 0 Å². The molecule has 0 unspecified atom stereocenters. The van der Waals surface area contributed by atoms with E-state index in [0.717, 1.165) is 24.2 Å². The maximum Gasteiger partial charge on any atom is 0.416 e. The summed E-state index contributed by atoms with van der Waals surface area (Å²) in [6, 6.07) is 11.0. The lowest BCUT2D eigenvalue weighted by molar-refractivity contribution is -0.208. The Hall–Kier alpha value is -2.62. The Balaban J connectivity index is 1.72. The van der Waals surface area contributed by atoms with Gasteiger partial charge in [0.25, 0.3) is 0 Å². The monoisotopic (exact) mass is 586 g/mol. The summed E-state index contributed by atoms with van der Waals surface area (Å²) >= 11 is 0. The van der Waals surface area contributed by atoms with Crippen LogP contribution in [-0.4, -0.2) is 75.2 Å². The summed E-state index contributed by atoms with van der Waals surface area (Å²) in [4.78, 5) is 4.31. The van der Waals surface area contributed by atoms with Gasteiger partial charge >= 0.3 is 12.4 Å². The van der Waals surface area contributed by atoms with Gasteiger partial charge in [-0.1, -0.05) is 42.2 Å². The van der Waals surface area contributed by atoms with Crippen molar-refractivity contribution >= 4 is 0 Å². The van der Waals surface area contributed by atoms with Crippen molar-refractivity contribution in [3.05, 3.63) is 70.8 Å². The standard InChI is InChI=1S/C30H36F6N2O3/c1-22(2)37(14-17-39-3)12-7-8-13-38-15-18-41-28(27(38)24-9-5-4-6-10-24)40-16-11-23-19-25(29(31,32)33)21-26(20-23)30(34,35)36/h4-6,9-10,19-22,27-28H,11-18H2,1-3H3/t27-,28+/m0/s1. The van der Waals surface area contributed by atoms with E-state index in [1.165, 1.54) is 0 Å². The number of morpholine rings is 1. The Morgan fingerprint density at radius 3 is 2.22 bits per heavy atom. The highest BCUT2D eigenvalue weighted by atomic mass is 19.4. The highest BCUT2D eigenvalue weighted by Gasteiger charge is 2.37. The normalized spacial score (nSPS) is 18.5. The Labute approximate surface area is 237 Å². The van der Waals surface area contributed by atoms with E-state index in [0.29, 0.717) is 38.9 Å². The van der Waals surface area contributed by atoms with E-state index in [2.05, 4.69) is 35.5 Å². The molecule has 2 atom stereocenters. The molecule has 1 aliphatic rings. The summed E-state index contributed by atoms with van der Waals surface area (Å²) in [5, 5.41) is 0. The number of halogens is 6. The molecule has 1 saturated heterocycles. The maximum absolute atomic E-state index is 13.3. The molecule has 2 aromatic rings. The molecule has 2 aromatic carbocycles. The highest BCUT2D eigenvalue weighted by Crippen LogP contribution is 2.36. The summed E-state index contributed by atoms with van der Waals surface area (Å²) in [5.41, 5.74) is -1.91. The van der Waals surface area contributed by atoms with Crippen LogP contribution in [0.2, 0.25) is 0 Å². The molecule has 5 nitrogen and oxygen atoms in total. The second-order valence-electron chi connectivity index (χ2n) is 10.0. The first-order chi connectivity index (χ1) is 19.4. The van der Waals surface area contributed by atoms with Gasteiger partial charge < -0.3 is 14.2 Å². The van der Waals surface area contributed by atoms with Crippen LogP contribution in [0.15, 0.2) is 48.5 Å². The zero-order valence-electron chi connectivity index (χ0n) is 23.4. The molecule has 11 heteroatoms. The number of rotatable bonds is 11. The lowest BCUT2D eigenvalue weighted by Gasteiger charge is -2.40. The molecule has 0 bridgehead atoms. The van der Waals surface area contributed by atoms with Gasteiger partial charge in [0.1, 0.15) is 0 Å². The fourth-order valence-electron chi connectivity index (χ4n) is 4.52. The van der Waals surface area contributed by atoms with Gasteiger partial charge in [0.2, 0.25) is 0 Å². The van der Waals surface area contributed by atoms with Gasteiger partial charge in [-0.25, -0.2) is 0 Å². The molecule has 0 aliphatic carbocycles. The van der Waals surface area contributed by atoms with Gasteiger partial charge in [-0.3, -0.25) is 9.80 Å². The lowest BCUT2D eigenvalue weighted by Crippen LogP contribution is -2.46. The van der Waals surface area contributed by atoms with Crippen molar-refractivity contribution in [3.8, 4) is 11.8 Å². The first kappa shape index (κ1) is 32.9. The molecule has 0 spiro atoms. The van der Waals surface area contributed by atoms with Crippen molar-refractivity contribution in [3.63, 3.8) is 0 Å². The number of nitrogens with zero attached hydrogens (tertiary/aromatic N) is 2. The zero-order chi connectivity index (χ0) is 30.0. The topological polar surface area (TPSA) is 34.2 Å².